The first kappa shape index (κ1) is 19.2. The molecule has 3 aromatic rings. The van der Waals surface area contributed by atoms with E-state index < -0.39 is 11.7 Å². The summed E-state index contributed by atoms with van der Waals surface area (Å²) in [5.41, 5.74) is 0.759. The Bertz CT molecular complexity index is 1000. The Labute approximate surface area is 164 Å². The molecule has 7 nitrogen and oxygen atoms in total. The Morgan fingerprint density at radius 2 is 1.86 bits per heavy atom. The van der Waals surface area contributed by atoms with Crippen molar-refractivity contribution in [2.75, 3.05) is 31.1 Å². The first-order valence-electron chi connectivity index (χ1n) is 9.26. The molecule has 0 unspecified atom stereocenters. The third kappa shape index (κ3) is 4.15. The van der Waals surface area contributed by atoms with Crippen LogP contribution in [0.1, 0.15) is 12.0 Å². The monoisotopic (exact) mass is 404 g/mol. The lowest BCUT2D eigenvalue weighted by atomic mass is 10.2. The highest BCUT2D eigenvalue weighted by Gasteiger charge is 2.31. The molecular formula is C19H19F3N6O. The van der Waals surface area contributed by atoms with E-state index in [1.54, 1.807) is 9.58 Å². The fourth-order valence-electron chi connectivity index (χ4n) is 3.40. The summed E-state index contributed by atoms with van der Waals surface area (Å²) in [7, 11) is 0. The van der Waals surface area contributed by atoms with Gasteiger partial charge < -0.3 is 9.80 Å². The summed E-state index contributed by atoms with van der Waals surface area (Å²) in [5, 5.41) is 8.11. The molecule has 0 bridgehead atoms. The number of amides is 1. The molecule has 10 heteroatoms. The Morgan fingerprint density at radius 3 is 2.62 bits per heavy atom. The number of fused-ring (bicyclic) bond motifs is 1. The van der Waals surface area contributed by atoms with E-state index in [0.29, 0.717) is 38.4 Å². The largest absolute Gasteiger partial charge is 0.417 e. The summed E-state index contributed by atoms with van der Waals surface area (Å²) in [4.78, 5) is 20.3. The molecule has 4 rings (SSSR count). The number of aromatic nitrogens is 4. The second-order valence-electron chi connectivity index (χ2n) is 6.86. The van der Waals surface area contributed by atoms with Crippen LogP contribution in [-0.2, 0) is 17.5 Å². The van der Waals surface area contributed by atoms with Crippen LogP contribution in [0, 0.1) is 0 Å². The molecule has 1 saturated heterocycles. The molecule has 1 aliphatic heterocycles. The number of nitrogens with zero attached hydrogens (tertiary/aromatic N) is 6. The van der Waals surface area contributed by atoms with Crippen LogP contribution < -0.4 is 4.90 Å². The number of benzene rings is 1. The van der Waals surface area contributed by atoms with E-state index in [0.717, 1.165) is 23.3 Å². The van der Waals surface area contributed by atoms with Crippen LogP contribution in [0.5, 0.6) is 0 Å². The number of para-hydroxylation sites is 1. The molecule has 1 fully saturated rings. The molecule has 0 atom stereocenters. The standard InChI is InChI=1S/C19H19F3N6O/c20-19(21,22)14-6-7-17(23-12-14)26-8-3-9-27(11-10-26)18(29)13-28-16-5-2-1-4-15(16)24-25-28/h1-2,4-7,12H,3,8-11,13H2. The average molecular weight is 404 g/mol. The van der Waals surface area contributed by atoms with E-state index in [1.807, 2.05) is 29.2 Å². The van der Waals surface area contributed by atoms with Gasteiger partial charge in [-0.1, -0.05) is 17.3 Å². The third-order valence-corrected chi connectivity index (χ3v) is 4.95. The van der Waals surface area contributed by atoms with Crippen molar-refractivity contribution in [2.24, 2.45) is 0 Å². The summed E-state index contributed by atoms with van der Waals surface area (Å²) >= 11 is 0. The second-order valence-corrected chi connectivity index (χ2v) is 6.86. The van der Waals surface area contributed by atoms with Crippen molar-refractivity contribution in [3.8, 4) is 0 Å². The van der Waals surface area contributed by atoms with E-state index in [4.69, 9.17) is 0 Å². The minimum atomic E-state index is -4.40. The molecule has 0 spiro atoms. The Kier molecular flexibility index (Phi) is 5.08. The molecule has 0 radical (unpaired) electrons. The van der Waals surface area contributed by atoms with E-state index in [9.17, 15) is 18.0 Å². The Morgan fingerprint density at radius 1 is 1.03 bits per heavy atom. The highest BCUT2D eigenvalue weighted by Crippen LogP contribution is 2.29. The number of hydrogen-bond donors (Lipinski definition) is 0. The van der Waals surface area contributed by atoms with Gasteiger partial charge in [-0.3, -0.25) is 4.79 Å². The molecule has 1 amide bonds. The predicted octanol–water partition coefficient (Wildman–Crippen LogP) is 2.58. The quantitative estimate of drug-likeness (QED) is 0.671. The molecule has 0 aliphatic carbocycles. The maximum atomic E-state index is 12.7. The summed E-state index contributed by atoms with van der Waals surface area (Å²) in [6.45, 7) is 2.26. The maximum absolute atomic E-state index is 12.7. The summed E-state index contributed by atoms with van der Waals surface area (Å²) in [6, 6.07) is 9.84. The number of anilines is 1. The molecule has 29 heavy (non-hydrogen) atoms. The van der Waals surface area contributed by atoms with Gasteiger partial charge in [0.1, 0.15) is 17.9 Å². The highest BCUT2D eigenvalue weighted by atomic mass is 19.4. The van der Waals surface area contributed by atoms with Gasteiger partial charge in [0.05, 0.1) is 11.1 Å². The van der Waals surface area contributed by atoms with Gasteiger partial charge in [-0.25, -0.2) is 9.67 Å². The fourth-order valence-corrected chi connectivity index (χ4v) is 3.40. The van der Waals surface area contributed by atoms with Crippen molar-refractivity contribution in [3.05, 3.63) is 48.2 Å². The van der Waals surface area contributed by atoms with Gasteiger partial charge in [-0.15, -0.1) is 5.10 Å². The Hall–Kier alpha value is -3.17. The lowest BCUT2D eigenvalue weighted by molar-refractivity contribution is -0.137. The van der Waals surface area contributed by atoms with Crippen molar-refractivity contribution >= 4 is 22.8 Å². The number of hydrogen-bond acceptors (Lipinski definition) is 5. The van der Waals surface area contributed by atoms with Gasteiger partial charge in [0.2, 0.25) is 5.91 Å². The first-order valence-corrected chi connectivity index (χ1v) is 9.26. The lowest BCUT2D eigenvalue weighted by Crippen LogP contribution is -2.37. The van der Waals surface area contributed by atoms with Crippen molar-refractivity contribution < 1.29 is 18.0 Å². The van der Waals surface area contributed by atoms with Crippen LogP contribution in [0.4, 0.5) is 19.0 Å². The zero-order valence-corrected chi connectivity index (χ0v) is 15.5. The lowest BCUT2D eigenvalue weighted by Gasteiger charge is -2.23. The topological polar surface area (TPSA) is 67.2 Å². The van der Waals surface area contributed by atoms with Crippen LogP contribution in [0.2, 0.25) is 0 Å². The highest BCUT2D eigenvalue weighted by molar-refractivity contribution is 5.79. The van der Waals surface area contributed by atoms with E-state index in [2.05, 4.69) is 15.3 Å². The fraction of sp³-hybridized carbons (Fsp3) is 0.368. The average Bonchev–Trinajstić information content (AvgIpc) is 2.95. The normalized spacial score (nSPS) is 15.6. The molecule has 1 aromatic carbocycles. The minimum absolute atomic E-state index is 0.0668. The van der Waals surface area contributed by atoms with Crippen LogP contribution in [0.25, 0.3) is 11.0 Å². The number of carbonyl (C=O) groups is 1. The van der Waals surface area contributed by atoms with Crippen molar-refractivity contribution in [1.29, 1.82) is 0 Å². The smallest absolute Gasteiger partial charge is 0.355 e. The van der Waals surface area contributed by atoms with Crippen LogP contribution >= 0.6 is 0 Å². The molecule has 3 heterocycles. The van der Waals surface area contributed by atoms with Gasteiger partial charge in [0, 0.05) is 32.4 Å². The number of pyridine rings is 1. The summed E-state index contributed by atoms with van der Waals surface area (Å²) in [5.74, 6) is 0.414. The molecular weight excluding hydrogens is 385 g/mol. The molecule has 0 N–H and O–H groups in total. The van der Waals surface area contributed by atoms with Crippen molar-refractivity contribution in [1.82, 2.24) is 24.9 Å². The molecule has 2 aromatic heterocycles. The Balaban J connectivity index is 1.40. The zero-order chi connectivity index (χ0) is 20.4. The van der Waals surface area contributed by atoms with Crippen molar-refractivity contribution in [2.45, 2.75) is 19.1 Å². The SMILES string of the molecule is O=C(Cn1nnc2ccccc21)N1CCCN(c2ccc(C(F)(F)F)cn2)CC1. The zero-order valence-electron chi connectivity index (χ0n) is 15.5. The van der Waals surface area contributed by atoms with Gasteiger partial charge in [0.25, 0.3) is 0 Å². The summed E-state index contributed by atoms with van der Waals surface area (Å²) in [6.07, 6.45) is -2.86. The van der Waals surface area contributed by atoms with Gasteiger partial charge >= 0.3 is 6.18 Å². The van der Waals surface area contributed by atoms with Crippen LogP contribution in [0.3, 0.4) is 0 Å². The molecule has 152 valence electrons. The van der Waals surface area contributed by atoms with Crippen LogP contribution in [-0.4, -0.2) is 57.0 Å². The maximum Gasteiger partial charge on any atom is 0.417 e. The second kappa shape index (κ2) is 7.69. The number of alkyl halides is 3. The van der Waals surface area contributed by atoms with E-state index >= 15 is 0 Å². The van der Waals surface area contributed by atoms with Gasteiger partial charge in [-0.05, 0) is 30.7 Å². The van der Waals surface area contributed by atoms with Gasteiger partial charge in [0.15, 0.2) is 0 Å². The number of carbonyl (C=O) groups excluding carboxylic acids is 1. The number of rotatable bonds is 3. The van der Waals surface area contributed by atoms with Gasteiger partial charge in [-0.2, -0.15) is 13.2 Å². The van der Waals surface area contributed by atoms with Crippen molar-refractivity contribution in [3.63, 3.8) is 0 Å². The van der Waals surface area contributed by atoms with Crippen LogP contribution in [0.15, 0.2) is 42.6 Å². The number of halogens is 3. The molecule has 0 saturated carbocycles. The van der Waals surface area contributed by atoms with E-state index in [-0.39, 0.29) is 12.5 Å². The third-order valence-electron chi connectivity index (χ3n) is 4.95. The summed E-state index contributed by atoms with van der Waals surface area (Å²) < 4.78 is 39.7. The predicted molar refractivity (Wildman–Crippen MR) is 100 cm³/mol. The molecule has 1 aliphatic rings. The first-order chi connectivity index (χ1) is 13.9. The van der Waals surface area contributed by atoms with E-state index in [1.165, 1.54) is 6.07 Å². The minimum Gasteiger partial charge on any atom is -0.355 e.